The van der Waals surface area contributed by atoms with Gasteiger partial charge >= 0.3 is 0 Å². The van der Waals surface area contributed by atoms with Gasteiger partial charge in [0.15, 0.2) is 5.16 Å². The zero-order chi connectivity index (χ0) is 16.9. The number of halogens is 1. The molecule has 0 aliphatic carbocycles. The number of aryl methyl sites for hydroxylation is 1. The number of benzene rings is 1. The van der Waals surface area contributed by atoms with Crippen LogP contribution in [0.5, 0.6) is 5.75 Å². The van der Waals surface area contributed by atoms with Crippen molar-refractivity contribution in [3.63, 3.8) is 0 Å². The van der Waals surface area contributed by atoms with Crippen molar-refractivity contribution in [2.75, 3.05) is 37.9 Å². The van der Waals surface area contributed by atoms with Crippen molar-refractivity contribution >= 4 is 23.3 Å². The first-order valence-electron chi connectivity index (χ1n) is 7.93. The zero-order valence-corrected chi connectivity index (χ0v) is 15.9. The van der Waals surface area contributed by atoms with E-state index in [0.717, 1.165) is 54.2 Å². The maximum Gasteiger partial charge on any atom is 0.189 e. The molecular weight excluding hydrogens is 360 g/mol. The fourth-order valence-corrected chi connectivity index (χ4v) is 3.06. The lowest BCUT2D eigenvalue weighted by Gasteiger charge is -2.27. The predicted octanol–water partition coefficient (Wildman–Crippen LogP) is -0.208. The minimum absolute atomic E-state index is 0. The summed E-state index contributed by atoms with van der Waals surface area (Å²) in [6, 6.07) is 7.46. The molecule has 0 unspecified atom stereocenters. The normalized spacial score (nSPS) is 14.8. The molecule has 2 aromatic rings. The Labute approximate surface area is 158 Å². The second kappa shape index (κ2) is 9.24. The Morgan fingerprint density at radius 3 is 2.72 bits per heavy atom. The number of rotatable bonds is 5. The van der Waals surface area contributed by atoms with Crippen LogP contribution in [0.3, 0.4) is 0 Å². The maximum absolute atomic E-state index is 10.1. The first kappa shape index (κ1) is 19.8. The topological polar surface area (TPSA) is 70.5 Å². The van der Waals surface area contributed by atoms with Gasteiger partial charge in [-0.1, -0.05) is 11.8 Å². The Morgan fingerprint density at radius 1 is 1.24 bits per heavy atom. The number of anilines is 2. The second-order valence-corrected chi connectivity index (χ2v) is 6.51. The van der Waals surface area contributed by atoms with Gasteiger partial charge in [0.1, 0.15) is 11.6 Å². The molecule has 0 bridgehead atoms. The highest BCUT2D eigenvalue weighted by atomic mass is 35.5. The minimum atomic E-state index is 0. The number of nitrogens with zero attached hydrogens (tertiary/aromatic N) is 3. The fourth-order valence-electron chi connectivity index (χ4n) is 2.63. The molecule has 1 aromatic carbocycles. The highest BCUT2D eigenvalue weighted by Crippen LogP contribution is 2.26. The number of morpholine rings is 1. The van der Waals surface area contributed by atoms with Gasteiger partial charge in [-0.3, -0.25) is 4.90 Å². The SMILES string of the molecule is CSc1nc(C)cc(Nc2ccc(O)c(CN3CCOCC3)c2)n1.[Cl-]. The Hall–Kier alpha value is -1.54. The first-order chi connectivity index (χ1) is 11.6. The molecule has 0 radical (unpaired) electrons. The molecule has 0 saturated carbocycles. The van der Waals surface area contributed by atoms with Gasteiger partial charge in [0.2, 0.25) is 0 Å². The molecule has 2 N–H and O–H groups in total. The fraction of sp³-hybridized carbons (Fsp3) is 0.412. The van der Waals surface area contributed by atoms with Crippen molar-refractivity contribution < 1.29 is 22.3 Å². The maximum atomic E-state index is 10.1. The molecule has 136 valence electrons. The van der Waals surface area contributed by atoms with Gasteiger partial charge in [0.25, 0.3) is 0 Å². The van der Waals surface area contributed by atoms with E-state index in [9.17, 15) is 5.11 Å². The number of phenolic OH excluding ortho intramolecular Hbond substituents is 1. The molecule has 6 nitrogen and oxygen atoms in total. The third-order valence-corrected chi connectivity index (χ3v) is 4.41. The van der Waals surface area contributed by atoms with Crippen LogP contribution < -0.4 is 17.7 Å². The number of aromatic nitrogens is 2. The summed E-state index contributed by atoms with van der Waals surface area (Å²) in [6.45, 7) is 5.93. The van der Waals surface area contributed by atoms with Crippen LogP contribution in [-0.2, 0) is 11.3 Å². The van der Waals surface area contributed by atoms with Gasteiger partial charge in [0.05, 0.1) is 13.2 Å². The summed E-state index contributed by atoms with van der Waals surface area (Å²) in [5, 5.41) is 14.2. The number of thioether (sulfide) groups is 1. The molecule has 3 rings (SSSR count). The summed E-state index contributed by atoms with van der Waals surface area (Å²) in [7, 11) is 0. The van der Waals surface area contributed by atoms with E-state index in [2.05, 4.69) is 20.2 Å². The summed E-state index contributed by atoms with van der Waals surface area (Å²) in [6.07, 6.45) is 1.96. The van der Waals surface area contributed by atoms with E-state index in [1.165, 1.54) is 11.8 Å². The molecule has 0 atom stereocenters. The van der Waals surface area contributed by atoms with Gasteiger partial charge < -0.3 is 27.6 Å². The summed E-state index contributed by atoms with van der Waals surface area (Å²) in [5.74, 6) is 1.07. The molecular formula is C17H22ClN4O2S-. The van der Waals surface area contributed by atoms with Gasteiger partial charge in [-0.2, -0.15) is 0 Å². The molecule has 8 heteroatoms. The van der Waals surface area contributed by atoms with Gasteiger partial charge in [-0.25, -0.2) is 9.97 Å². The monoisotopic (exact) mass is 381 g/mol. The van der Waals surface area contributed by atoms with E-state index in [1.54, 1.807) is 6.07 Å². The van der Waals surface area contributed by atoms with Crippen molar-refractivity contribution in [1.82, 2.24) is 14.9 Å². The minimum Gasteiger partial charge on any atom is -1.00 e. The van der Waals surface area contributed by atoms with Crippen LogP contribution >= 0.6 is 11.8 Å². The molecule has 1 aliphatic rings. The van der Waals surface area contributed by atoms with Crippen LogP contribution in [0, 0.1) is 6.92 Å². The zero-order valence-electron chi connectivity index (χ0n) is 14.3. The van der Waals surface area contributed by atoms with E-state index in [1.807, 2.05) is 31.4 Å². The van der Waals surface area contributed by atoms with E-state index in [4.69, 9.17) is 4.74 Å². The number of aromatic hydroxyl groups is 1. The molecule has 1 aromatic heterocycles. The number of hydrogen-bond donors (Lipinski definition) is 2. The Kier molecular flexibility index (Phi) is 7.31. The lowest BCUT2D eigenvalue weighted by Crippen LogP contribution is -3.00. The number of nitrogens with one attached hydrogen (secondary N) is 1. The van der Waals surface area contributed by atoms with Gasteiger partial charge in [-0.05, 0) is 31.4 Å². The highest BCUT2D eigenvalue weighted by molar-refractivity contribution is 7.98. The van der Waals surface area contributed by atoms with Crippen molar-refractivity contribution in [3.8, 4) is 5.75 Å². The van der Waals surface area contributed by atoms with Crippen LogP contribution in [-0.4, -0.2) is 52.5 Å². The second-order valence-electron chi connectivity index (χ2n) is 5.74. The molecule has 1 aliphatic heterocycles. The first-order valence-corrected chi connectivity index (χ1v) is 9.15. The van der Waals surface area contributed by atoms with Crippen LogP contribution in [0.15, 0.2) is 29.4 Å². The third-order valence-electron chi connectivity index (χ3n) is 3.87. The average molecular weight is 382 g/mol. The number of phenols is 1. The van der Waals surface area contributed by atoms with Crippen LogP contribution in [0.1, 0.15) is 11.3 Å². The van der Waals surface area contributed by atoms with Gasteiger partial charge in [0, 0.05) is 42.6 Å². The van der Waals surface area contributed by atoms with Gasteiger partial charge in [-0.15, -0.1) is 0 Å². The molecule has 2 heterocycles. The van der Waals surface area contributed by atoms with Crippen molar-refractivity contribution in [2.45, 2.75) is 18.6 Å². The Balaban J connectivity index is 0.00000225. The molecule has 0 spiro atoms. The predicted molar refractivity (Wildman–Crippen MR) is 96.0 cm³/mol. The molecule has 1 saturated heterocycles. The molecule has 25 heavy (non-hydrogen) atoms. The lowest BCUT2D eigenvalue weighted by atomic mass is 10.1. The van der Waals surface area contributed by atoms with E-state index < -0.39 is 0 Å². The number of ether oxygens (including phenoxy) is 1. The highest BCUT2D eigenvalue weighted by Gasteiger charge is 2.13. The average Bonchev–Trinajstić information content (AvgIpc) is 2.58. The number of hydrogen-bond acceptors (Lipinski definition) is 7. The quantitative estimate of drug-likeness (QED) is 0.422. The lowest BCUT2D eigenvalue weighted by molar-refractivity contribution is -0.00000792. The van der Waals surface area contributed by atoms with Crippen LogP contribution in [0.4, 0.5) is 11.5 Å². The summed E-state index contributed by atoms with van der Waals surface area (Å²) in [5.41, 5.74) is 2.73. The van der Waals surface area contributed by atoms with Crippen LogP contribution in [0.2, 0.25) is 0 Å². The van der Waals surface area contributed by atoms with Crippen molar-refractivity contribution in [2.24, 2.45) is 0 Å². The van der Waals surface area contributed by atoms with E-state index in [-0.39, 0.29) is 12.4 Å². The molecule has 0 amide bonds. The molecule has 1 fully saturated rings. The smallest absolute Gasteiger partial charge is 0.189 e. The van der Waals surface area contributed by atoms with Crippen molar-refractivity contribution in [3.05, 3.63) is 35.5 Å². The Morgan fingerprint density at radius 2 is 2.00 bits per heavy atom. The standard InChI is InChI=1S/C17H22N4O2S.ClH/c1-12-9-16(20-17(18-12)24-2)19-14-3-4-15(22)13(10-14)11-21-5-7-23-8-6-21;/h3-4,9-10,22H,5-8,11H2,1-2H3,(H,18,19,20);1H/p-1. The summed E-state index contributed by atoms with van der Waals surface area (Å²) in [4.78, 5) is 11.1. The van der Waals surface area contributed by atoms with Crippen LogP contribution in [0.25, 0.3) is 0 Å². The largest absolute Gasteiger partial charge is 1.00 e. The van der Waals surface area contributed by atoms with Crippen molar-refractivity contribution in [1.29, 1.82) is 0 Å². The van der Waals surface area contributed by atoms with E-state index >= 15 is 0 Å². The Bertz CT molecular complexity index is 711. The third kappa shape index (κ3) is 5.47. The van der Waals surface area contributed by atoms with E-state index in [0.29, 0.717) is 12.3 Å². The summed E-state index contributed by atoms with van der Waals surface area (Å²) >= 11 is 1.52. The summed E-state index contributed by atoms with van der Waals surface area (Å²) < 4.78 is 5.37.